The van der Waals surface area contributed by atoms with Crippen molar-refractivity contribution in [2.75, 3.05) is 13.1 Å². The third-order valence-electron chi connectivity index (χ3n) is 1.79. The van der Waals surface area contributed by atoms with Crippen LogP contribution in [0.5, 0.6) is 0 Å². The van der Waals surface area contributed by atoms with Crippen molar-refractivity contribution < 1.29 is 19.4 Å². The highest BCUT2D eigenvalue weighted by molar-refractivity contribution is 5.69. The molecule has 1 amide bonds. The van der Waals surface area contributed by atoms with Crippen LogP contribution >= 0.6 is 0 Å². The summed E-state index contributed by atoms with van der Waals surface area (Å²) in [5.41, 5.74) is -1.04. The minimum atomic E-state index is -0.935. The van der Waals surface area contributed by atoms with Crippen LogP contribution in [-0.2, 0) is 9.53 Å². The Bertz CT molecular complexity index is 282. The largest absolute Gasteiger partial charge is 0.480 e. The van der Waals surface area contributed by atoms with Crippen LogP contribution in [0.2, 0.25) is 0 Å². The van der Waals surface area contributed by atoms with E-state index in [0.717, 1.165) is 0 Å². The number of carbonyl (C=O) groups is 2. The molecule has 0 heterocycles. The fraction of sp³-hybridized carbons (Fsp3) is 0.818. The summed E-state index contributed by atoms with van der Waals surface area (Å²) in [6.45, 7) is 9.07. The number of ether oxygens (including phenoxy) is 1. The van der Waals surface area contributed by atoms with Crippen LogP contribution in [0.4, 0.5) is 4.79 Å². The van der Waals surface area contributed by atoms with Gasteiger partial charge < -0.3 is 20.5 Å². The number of aliphatic carboxylic acids is 1. The van der Waals surface area contributed by atoms with Crippen molar-refractivity contribution in [3.8, 4) is 0 Å². The number of hydrogen-bond donors (Lipinski definition) is 3. The number of rotatable bonds is 5. The summed E-state index contributed by atoms with van der Waals surface area (Å²) < 4.78 is 5.06. The number of amides is 1. The predicted molar refractivity (Wildman–Crippen MR) is 64.0 cm³/mol. The van der Waals surface area contributed by atoms with Crippen molar-refractivity contribution in [2.24, 2.45) is 0 Å². The minimum Gasteiger partial charge on any atom is -0.480 e. The summed E-state index contributed by atoms with van der Waals surface area (Å²) >= 11 is 0. The molecule has 0 fully saturated rings. The molecule has 0 bridgehead atoms. The molecule has 0 aromatic heterocycles. The van der Waals surface area contributed by atoms with Gasteiger partial charge in [-0.15, -0.1) is 0 Å². The van der Waals surface area contributed by atoms with Gasteiger partial charge in [0.25, 0.3) is 0 Å². The van der Waals surface area contributed by atoms with Crippen molar-refractivity contribution in [1.82, 2.24) is 10.6 Å². The number of nitrogens with one attached hydrogen (secondary N) is 2. The first-order valence-electron chi connectivity index (χ1n) is 5.45. The summed E-state index contributed by atoms with van der Waals surface area (Å²) in [6.07, 6.45) is -0.511. The summed E-state index contributed by atoms with van der Waals surface area (Å²) in [4.78, 5) is 21.8. The highest BCUT2D eigenvalue weighted by Gasteiger charge is 2.21. The van der Waals surface area contributed by atoms with Crippen molar-refractivity contribution >= 4 is 12.1 Å². The lowest BCUT2D eigenvalue weighted by Gasteiger charge is -2.27. The summed E-state index contributed by atoms with van der Waals surface area (Å²) in [7, 11) is 0. The zero-order chi connectivity index (χ0) is 13.7. The molecule has 0 aliphatic heterocycles. The molecular weight excluding hydrogens is 224 g/mol. The van der Waals surface area contributed by atoms with Crippen molar-refractivity contribution in [1.29, 1.82) is 0 Å². The lowest BCUT2D eigenvalue weighted by Crippen LogP contribution is -2.51. The Labute approximate surface area is 102 Å². The van der Waals surface area contributed by atoms with Gasteiger partial charge in [-0.3, -0.25) is 4.79 Å². The van der Waals surface area contributed by atoms with Crippen molar-refractivity contribution in [3.63, 3.8) is 0 Å². The van der Waals surface area contributed by atoms with Crippen LogP contribution in [0.25, 0.3) is 0 Å². The fourth-order valence-electron chi connectivity index (χ4n) is 0.985. The van der Waals surface area contributed by atoms with Crippen LogP contribution < -0.4 is 10.6 Å². The van der Waals surface area contributed by atoms with E-state index in [-0.39, 0.29) is 13.1 Å². The van der Waals surface area contributed by atoms with Gasteiger partial charge in [-0.1, -0.05) is 0 Å². The van der Waals surface area contributed by atoms with E-state index in [9.17, 15) is 9.59 Å². The van der Waals surface area contributed by atoms with Crippen LogP contribution in [0.15, 0.2) is 0 Å². The lowest BCUT2D eigenvalue weighted by molar-refractivity contribution is -0.136. The molecule has 0 aromatic carbocycles. The molecule has 6 nitrogen and oxygen atoms in total. The zero-order valence-electron chi connectivity index (χ0n) is 11.1. The maximum absolute atomic E-state index is 11.4. The third-order valence-corrected chi connectivity index (χ3v) is 1.79. The number of alkyl carbamates (subject to hydrolysis) is 1. The topological polar surface area (TPSA) is 87.7 Å². The van der Waals surface area contributed by atoms with Gasteiger partial charge in [-0.25, -0.2) is 4.79 Å². The van der Waals surface area contributed by atoms with Gasteiger partial charge in [0.2, 0.25) is 0 Å². The van der Waals surface area contributed by atoms with Gasteiger partial charge >= 0.3 is 12.1 Å². The molecule has 0 rings (SSSR count). The molecule has 3 N–H and O–H groups in total. The Hall–Kier alpha value is -1.30. The highest BCUT2D eigenvalue weighted by Crippen LogP contribution is 2.07. The molecule has 0 unspecified atom stereocenters. The number of hydrogen-bond acceptors (Lipinski definition) is 4. The molecule has 0 saturated carbocycles. The third kappa shape index (κ3) is 9.62. The standard InChI is InChI=1S/C11H22N2O4/c1-10(2,3)17-9(16)12-7-11(4,5)13-6-8(14)15/h13H,6-7H2,1-5H3,(H,12,16)(H,14,15). The van der Waals surface area contributed by atoms with Crippen LogP contribution in [0.1, 0.15) is 34.6 Å². The van der Waals surface area contributed by atoms with Gasteiger partial charge in [0.15, 0.2) is 0 Å². The Morgan fingerprint density at radius 2 is 1.71 bits per heavy atom. The molecule has 17 heavy (non-hydrogen) atoms. The smallest absolute Gasteiger partial charge is 0.407 e. The molecule has 0 radical (unpaired) electrons. The Kier molecular flexibility index (Phi) is 5.41. The van der Waals surface area contributed by atoms with Gasteiger partial charge in [0.1, 0.15) is 5.60 Å². The maximum atomic E-state index is 11.4. The molecule has 6 heteroatoms. The number of carboxylic acid groups (broad SMARTS) is 1. The summed E-state index contributed by atoms with van der Waals surface area (Å²) in [5, 5.41) is 13.9. The van der Waals surface area contributed by atoms with Crippen LogP contribution in [0.3, 0.4) is 0 Å². The Balaban J connectivity index is 4.00. The molecule has 100 valence electrons. The predicted octanol–water partition coefficient (Wildman–Crippen LogP) is 0.964. The first-order chi connectivity index (χ1) is 7.52. The minimum absolute atomic E-state index is 0.150. The molecule has 0 aliphatic rings. The Morgan fingerprint density at radius 1 is 1.18 bits per heavy atom. The van der Waals surface area contributed by atoms with Gasteiger partial charge in [-0.05, 0) is 34.6 Å². The van der Waals surface area contributed by atoms with Gasteiger partial charge in [0.05, 0.1) is 6.54 Å². The van der Waals surface area contributed by atoms with Crippen LogP contribution in [0, 0.1) is 0 Å². The summed E-state index contributed by atoms with van der Waals surface area (Å²) in [6, 6.07) is 0. The van der Waals surface area contributed by atoms with Gasteiger partial charge in [-0.2, -0.15) is 0 Å². The lowest BCUT2D eigenvalue weighted by atomic mass is 10.1. The van der Waals surface area contributed by atoms with E-state index in [1.54, 1.807) is 34.6 Å². The van der Waals surface area contributed by atoms with E-state index in [4.69, 9.17) is 9.84 Å². The van der Waals surface area contributed by atoms with Gasteiger partial charge in [0, 0.05) is 12.1 Å². The summed E-state index contributed by atoms with van der Waals surface area (Å²) in [5.74, 6) is -0.935. The molecule has 0 atom stereocenters. The first kappa shape index (κ1) is 15.7. The monoisotopic (exact) mass is 246 g/mol. The van der Waals surface area contributed by atoms with E-state index in [2.05, 4.69) is 10.6 Å². The molecule has 0 aliphatic carbocycles. The highest BCUT2D eigenvalue weighted by atomic mass is 16.6. The Morgan fingerprint density at radius 3 is 2.12 bits per heavy atom. The number of carbonyl (C=O) groups excluding carboxylic acids is 1. The second-order valence-electron chi connectivity index (χ2n) is 5.49. The van der Waals surface area contributed by atoms with Crippen LogP contribution in [-0.4, -0.2) is 41.4 Å². The van der Waals surface area contributed by atoms with E-state index < -0.39 is 23.2 Å². The van der Waals surface area contributed by atoms with E-state index in [1.807, 2.05) is 0 Å². The average Bonchev–Trinajstić information content (AvgIpc) is 2.09. The fourth-order valence-corrected chi connectivity index (χ4v) is 0.985. The average molecular weight is 246 g/mol. The molecule has 0 aromatic rings. The van der Waals surface area contributed by atoms with Crippen molar-refractivity contribution in [3.05, 3.63) is 0 Å². The van der Waals surface area contributed by atoms with E-state index in [1.165, 1.54) is 0 Å². The molecule has 0 saturated heterocycles. The quantitative estimate of drug-likeness (QED) is 0.672. The second kappa shape index (κ2) is 5.86. The number of carboxylic acids is 1. The molecular formula is C11H22N2O4. The van der Waals surface area contributed by atoms with E-state index >= 15 is 0 Å². The normalized spacial score (nSPS) is 12.1. The van der Waals surface area contributed by atoms with E-state index in [0.29, 0.717) is 0 Å². The van der Waals surface area contributed by atoms with Crippen molar-refractivity contribution in [2.45, 2.75) is 45.8 Å². The zero-order valence-corrected chi connectivity index (χ0v) is 11.1. The molecule has 0 spiro atoms. The second-order valence-corrected chi connectivity index (χ2v) is 5.49. The maximum Gasteiger partial charge on any atom is 0.407 e. The SMILES string of the molecule is CC(C)(CNC(=O)OC(C)(C)C)NCC(=O)O. The first-order valence-corrected chi connectivity index (χ1v) is 5.45.